The molecule has 122 valence electrons. The lowest BCUT2D eigenvalue weighted by molar-refractivity contribution is 0.0921. The van der Waals surface area contributed by atoms with E-state index < -0.39 is 10.0 Å². The van der Waals surface area contributed by atoms with Gasteiger partial charge < -0.3 is 5.32 Å². The Balaban J connectivity index is 2.05. The molecular weight excluding hydrogens is 300 g/mol. The number of amides is 1. The predicted octanol–water partition coefficient (Wildman–Crippen LogP) is 2.25. The van der Waals surface area contributed by atoms with E-state index in [1.54, 1.807) is 12.1 Å². The summed E-state index contributed by atoms with van der Waals surface area (Å²) in [6.45, 7) is 2.21. The van der Waals surface area contributed by atoms with Gasteiger partial charge in [-0.15, -0.1) is 0 Å². The van der Waals surface area contributed by atoms with E-state index in [-0.39, 0.29) is 16.8 Å². The third-order valence-electron chi connectivity index (χ3n) is 4.17. The van der Waals surface area contributed by atoms with Gasteiger partial charge in [-0.1, -0.05) is 19.8 Å². The van der Waals surface area contributed by atoms with Gasteiger partial charge in [-0.2, -0.15) is 0 Å². The molecule has 6 heteroatoms. The van der Waals surface area contributed by atoms with Crippen molar-refractivity contribution in [2.45, 2.75) is 43.5 Å². The van der Waals surface area contributed by atoms with Crippen LogP contribution in [-0.2, 0) is 10.0 Å². The maximum Gasteiger partial charge on any atom is 0.251 e. The zero-order valence-corrected chi connectivity index (χ0v) is 14.2. The number of benzene rings is 1. The van der Waals surface area contributed by atoms with E-state index >= 15 is 0 Å². The molecule has 2 atom stereocenters. The number of hydrogen-bond donors (Lipinski definition) is 1. The van der Waals surface area contributed by atoms with Crippen LogP contribution in [0.1, 0.15) is 43.0 Å². The van der Waals surface area contributed by atoms with Crippen LogP contribution in [0.5, 0.6) is 0 Å². The summed E-state index contributed by atoms with van der Waals surface area (Å²) in [6.07, 6.45) is 4.40. The number of hydrogen-bond acceptors (Lipinski definition) is 3. The van der Waals surface area contributed by atoms with Gasteiger partial charge in [0.15, 0.2) is 0 Å². The summed E-state index contributed by atoms with van der Waals surface area (Å²) in [5.41, 5.74) is 0.496. The molecule has 0 heterocycles. The molecule has 1 fully saturated rings. The van der Waals surface area contributed by atoms with Gasteiger partial charge >= 0.3 is 0 Å². The molecule has 0 spiro atoms. The second-order valence-corrected chi connectivity index (χ2v) is 8.41. The summed E-state index contributed by atoms with van der Waals surface area (Å²) in [5.74, 6) is 0.513. The summed E-state index contributed by atoms with van der Waals surface area (Å²) in [7, 11) is -0.480. The van der Waals surface area contributed by atoms with Crippen LogP contribution < -0.4 is 5.32 Å². The van der Waals surface area contributed by atoms with Crippen molar-refractivity contribution >= 4 is 15.9 Å². The van der Waals surface area contributed by atoms with Gasteiger partial charge in [0.05, 0.1) is 4.90 Å². The molecule has 1 aliphatic carbocycles. The lowest BCUT2D eigenvalue weighted by Gasteiger charge is -2.27. The van der Waals surface area contributed by atoms with Gasteiger partial charge in [0, 0.05) is 25.7 Å². The van der Waals surface area contributed by atoms with E-state index in [1.165, 1.54) is 32.6 Å². The average Bonchev–Trinajstić information content (AvgIpc) is 2.47. The molecule has 0 aromatic heterocycles. The van der Waals surface area contributed by atoms with Crippen LogP contribution >= 0.6 is 0 Å². The number of carbonyl (C=O) groups excluding carboxylic acids is 1. The number of carbonyl (C=O) groups is 1. The minimum absolute atomic E-state index is 0.132. The lowest BCUT2D eigenvalue weighted by Crippen LogP contribution is -2.38. The van der Waals surface area contributed by atoms with E-state index in [1.807, 2.05) is 0 Å². The maximum atomic E-state index is 12.2. The molecule has 1 aromatic rings. The normalized spacial score (nSPS) is 22.5. The molecule has 1 amide bonds. The van der Waals surface area contributed by atoms with Gasteiger partial charge in [0.25, 0.3) is 5.91 Å². The van der Waals surface area contributed by atoms with Gasteiger partial charge in [-0.05, 0) is 43.0 Å². The van der Waals surface area contributed by atoms with Crippen molar-refractivity contribution in [3.8, 4) is 0 Å². The first-order valence-electron chi connectivity index (χ1n) is 7.64. The van der Waals surface area contributed by atoms with Crippen LogP contribution in [0.15, 0.2) is 29.2 Å². The quantitative estimate of drug-likeness (QED) is 0.924. The van der Waals surface area contributed by atoms with E-state index in [4.69, 9.17) is 0 Å². The van der Waals surface area contributed by atoms with Crippen molar-refractivity contribution in [3.05, 3.63) is 29.8 Å². The van der Waals surface area contributed by atoms with Crippen molar-refractivity contribution in [2.24, 2.45) is 5.92 Å². The molecule has 22 heavy (non-hydrogen) atoms. The minimum atomic E-state index is -3.45. The molecule has 2 rings (SSSR count). The monoisotopic (exact) mass is 324 g/mol. The summed E-state index contributed by atoms with van der Waals surface area (Å²) in [5, 5.41) is 3.05. The molecule has 2 unspecified atom stereocenters. The summed E-state index contributed by atoms with van der Waals surface area (Å²) >= 11 is 0. The topological polar surface area (TPSA) is 66.5 Å². The van der Waals surface area contributed by atoms with Crippen molar-refractivity contribution in [2.75, 3.05) is 14.1 Å². The van der Waals surface area contributed by atoms with Crippen LogP contribution in [-0.4, -0.2) is 38.8 Å². The number of sulfonamides is 1. The van der Waals surface area contributed by atoms with E-state index in [2.05, 4.69) is 12.2 Å². The van der Waals surface area contributed by atoms with Gasteiger partial charge in [0.1, 0.15) is 0 Å². The molecule has 0 radical (unpaired) electrons. The smallest absolute Gasteiger partial charge is 0.251 e. The predicted molar refractivity (Wildman–Crippen MR) is 86.2 cm³/mol. The highest BCUT2D eigenvalue weighted by Gasteiger charge is 2.22. The van der Waals surface area contributed by atoms with Crippen molar-refractivity contribution in [1.29, 1.82) is 0 Å². The van der Waals surface area contributed by atoms with Crippen LogP contribution in [0.3, 0.4) is 0 Å². The molecule has 5 nitrogen and oxygen atoms in total. The highest BCUT2D eigenvalue weighted by Crippen LogP contribution is 2.23. The molecular formula is C16H24N2O3S. The number of nitrogens with one attached hydrogen (secondary N) is 1. The largest absolute Gasteiger partial charge is 0.349 e. The Morgan fingerprint density at radius 2 is 1.82 bits per heavy atom. The standard InChI is InChI=1S/C16H24N2O3S/c1-12-5-4-6-14(11-12)17-16(19)13-7-9-15(10-8-13)22(20,21)18(2)3/h7-10,12,14H,4-6,11H2,1-3H3,(H,17,19). The summed E-state index contributed by atoms with van der Waals surface area (Å²) < 4.78 is 25.1. The third kappa shape index (κ3) is 3.87. The molecule has 0 saturated heterocycles. The van der Waals surface area contributed by atoms with E-state index in [9.17, 15) is 13.2 Å². The fourth-order valence-corrected chi connectivity index (χ4v) is 3.72. The molecule has 1 aromatic carbocycles. The fourth-order valence-electron chi connectivity index (χ4n) is 2.82. The highest BCUT2D eigenvalue weighted by atomic mass is 32.2. The molecule has 1 saturated carbocycles. The van der Waals surface area contributed by atoms with Crippen molar-refractivity contribution in [3.63, 3.8) is 0 Å². The highest BCUT2D eigenvalue weighted by molar-refractivity contribution is 7.89. The van der Waals surface area contributed by atoms with Crippen molar-refractivity contribution < 1.29 is 13.2 Å². The minimum Gasteiger partial charge on any atom is -0.349 e. The Kier molecular flexibility index (Phi) is 5.24. The number of nitrogens with zero attached hydrogens (tertiary/aromatic N) is 1. The molecule has 0 aliphatic heterocycles. The zero-order chi connectivity index (χ0) is 16.3. The van der Waals surface area contributed by atoms with Gasteiger partial charge in [-0.25, -0.2) is 12.7 Å². The van der Waals surface area contributed by atoms with Crippen LogP contribution in [0, 0.1) is 5.92 Å². The van der Waals surface area contributed by atoms with E-state index in [0.717, 1.165) is 23.6 Å². The molecule has 1 aliphatic rings. The fraction of sp³-hybridized carbons (Fsp3) is 0.562. The SMILES string of the molecule is CC1CCCC(NC(=O)c2ccc(S(=O)(=O)N(C)C)cc2)C1. The average molecular weight is 324 g/mol. The Bertz CT molecular complexity index is 623. The van der Waals surface area contributed by atoms with Crippen LogP contribution in [0.25, 0.3) is 0 Å². The Labute approximate surface area is 132 Å². The first-order valence-corrected chi connectivity index (χ1v) is 9.08. The first-order chi connectivity index (χ1) is 10.3. The maximum absolute atomic E-state index is 12.2. The second-order valence-electron chi connectivity index (χ2n) is 6.25. The Morgan fingerprint density at radius 3 is 2.36 bits per heavy atom. The summed E-state index contributed by atoms with van der Waals surface area (Å²) in [4.78, 5) is 12.4. The van der Waals surface area contributed by atoms with E-state index in [0.29, 0.717) is 11.5 Å². The lowest BCUT2D eigenvalue weighted by atomic mass is 9.87. The summed E-state index contributed by atoms with van der Waals surface area (Å²) in [6, 6.07) is 6.32. The zero-order valence-electron chi connectivity index (χ0n) is 13.4. The third-order valence-corrected chi connectivity index (χ3v) is 6.00. The van der Waals surface area contributed by atoms with Gasteiger partial charge in [-0.3, -0.25) is 4.79 Å². The Morgan fingerprint density at radius 1 is 1.18 bits per heavy atom. The van der Waals surface area contributed by atoms with Crippen LogP contribution in [0.4, 0.5) is 0 Å². The molecule has 0 bridgehead atoms. The Hall–Kier alpha value is -1.40. The van der Waals surface area contributed by atoms with Gasteiger partial charge in [0.2, 0.25) is 10.0 Å². The molecule has 1 N–H and O–H groups in total. The van der Waals surface area contributed by atoms with Crippen molar-refractivity contribution in [1.82, 2.24) is 9.62 Å². The van der Waals surface area contributed by atoms with Crippen LogP contribution in [0.2, 0.25) is 0 Å². The number of rotatable bonds is 4. The first kappa shape index (κ1) is 17.0. The second kappa shape index (κ2) is 6.79.